The molecule has 0 aromatic heterocycles. The summed E-state index contributed by atoms with van der Waals surface area (Å²) in [4.78, 5) is 34.9. The molecule has 0 rings (SSSR count). The lowest BCUT2D eigenvalue weighted by atomic mass is 10.3. The number of likely N-dealkylation sites (N-methyl/N-ethyl adjacent to an activating group) is 1. The van der Waals surface area contributed by atoms with Crippen LogP contribution in [0.3, 0.4) is 0 Å². The summed E-state index contributed by atoms with van der Waals surface area (Å²) in [5.74, 6) is -1.30. The van der Waals surface area contributed by atoms with Crippen molar-refractivity contribution in [1.82, 2.24) is 10.2 Å². The Kier molecular flexibility index (Phi) is 7.99. The molecule has 1 unspecified atom stereocenters. The highest BCUT2D eigenvalue weighted by Crippen LogP contribution is 1.98. The van der Waals surface area contributed by atoms with Crippen molar-refractivity contribution in [3.05, 3.63) is 12.2 Å². The van der Waals surface area contributed by atoms with Crippen LogP contribution in [-0.2, 0) is 19.1 Å². The minimum atomic E-state index is -0.665. The van der Waals surface area contributed by atoms with Gasteiger partial charge in [-0.15, -0.1) is 0 Å². The van der Waals surface area contributed by atoms with Crippen LogP contribution in [0, 0.1) is 0 Å². The number of amides is 2. The van der Waals surface area contributed by atoms with E-state index in [0.717, 1.165) is 12.2 Å². The summed E-state index contributed by atoms with van der Waals surface area (Å²) in [5, 5.41) is 2.63. The monoisotopic (exact) mass is 272 g/mol. The smallest absolute Gasteiger partial charge is 0.331 e. The maximum Gasteiger partial charge on any atom is 0.331 e. The molecule has 0 fully saturated rings. The van der Waals surface area contributed by atoms with Crippen LogP contribution >= 0.6 is 0 Å². The van der Waals surface area contributed by atoms with Crippen molar-refractivity contribution >= 4 is 18.0 Å². The van der Waals surface area contributed by atoms with E-state index in [1.54, 1.807) is 14.0 Å². The number of nitrogens with zero attached hydrogens (tertiary/aromatic N) is 1. The van der Waals surface area contributed by atoms with Crippen LogP contribution in [0.5, 0.6) is 0 Å². The van der Waals surface area contributed by atoms with Crippen LogP contribution in [0.25, 0.3) is 0 Å². The summed E-state index contributed by atoms with van der Waals surface area (Å²) >= 11 is 0. The second-order valence-electron chi connectivity index (χ2n) is 3.78. The highest BCUT2D eigenvalue weighted by molar-refractivity contribution is 5.91. The van der Waals surface area contributed by atoms with Crippen LogP contribution in [0.2, 0.25) is 0 Å². The predicted octanol–water partition coefficient (Wildman–Crippen LogP) is 0.309. The maximum absolute atomic E-state index is 11.5. The Bertz CT molecular complexity index is 354. The van der Waals surface area contributed by atoms with Crippen molar-refractivity contribution in [2.24, 2.45) is 0 Å². The van der Waals surface area contributed by atoms with Crippen molar-refractivity contribution in [3.8, 4) is 0 Å². The first-order valence-corrected chi connectivity index (χ1v) is 5.85. The molecule has 0 aromatic rings. The van der Waals surface area contributed by atoms with Gasteiger partial charge >= 0.3 is 18.0 Å². The molecule has 19 heavy (non-hydrogen) atoms. The Morgan fingerprint density at radius 2 is 1.84 bits per heavy atom. The molecule has 7 nitrogen and oxygen atoms in total. The van der Waals surface area contributed by atoms with E-state index in [9.17, 15) is 14.4 Å². The molecule has 7 heteroatoms. The lowest BCUT2D eigenvalue weighted by Gasteiger charge is -2.24. The number of urea groups is 1. The van der Waals surface area contributed by atoms with Gasteiger partial charge in [0.05, 0.1) is 13.2 Å². The van der Waals surface area contributed by atoms with Crippen LogP contribution in [-0.4, -0.2) is 56.2 Å². The van der Waals surface area contributed by atoms with Gasteiger partial charge in [0.25, 0.3) is 0 Å². The minimum Gasteiger partial charge on any atom is -0.466 e. The largest absolute Gasteiger partial charge is 0.466 e. The van der Waals surface area contributed by atoms with Crippen molar-refractivity contribution < 1.29 is 23.9 Å². The van der Waals surface area contributed by atoms with E-state index in [1.165, 1.54) is 12.0 Å². The van der Waals surface area contributed by atoms with Gasteiger partial charge in [0, 0.05) is 25.7 Å². The molecule has 0 bridgehead atoms. The fraction of sp³-hybridized carbons (Fsp3) is 0.583. The van der Waals surface area contributed by atoms with E-state index in [4.69, 9.17) is 4.74 Å². The number of rotatable bonds is 6. The fourth-order valence-electron chi connectivity index (χ4n) is 1.04. The summed E-state index contributed by atoms with van der Waals surface area (Å²) in [7, 11) is 2.81. The molecular weight excluding hydrogens is 252 g/mol. The molecule has 0 aliphatic rings. The number of hydrogen-bond acceptors (Lipinski definition) is 5. The zero-order valence-electron chi connectivity index (χ0n) is 11.6. The van der Waals surface area contributed by atoms with Crippen LogP contribution in [0.15, 0.2) is 12.2 Å². The van der Waals surface area contributed by atoms with Gasteiger partial charge in [0.15, 0.2) is 0 Å². The van der Waals surface area contributed by atoms with Gasteiger partial charge < -0.3 is 19.7 Å². The highest BCUT2D eigenvalue weighted by Gasteiger charge is 2.16. The predicted molar refractivity (Wildman–Crippen MR) is 68.4 cm³/mol. The summed E-state index contributed by atoms with van der Waals surface area (Å²) in [6.07, 6.45) is 1.95. The number of ether oxygens (including phenoxy) is 2. The van der Waals surface area contributed by atoms with E-state index in [0.29, 0.717) is 6.54 Å². The van der Waals surface area contributed by atoms with E-state index in [1.807, 2.05) is 6.92 Å². The maximum atomic E-state index is 11.5. The van der Waals surface area contributed by atoms with Gasteiger partial charge in [-0.2, -0.15) is 0 Å². The SMILES string of the molecule is CCNC(=O)N(C)C(C)COC(=O)/C=C/C(=O)OC. The molecule has 0 radical (unpaired) electrons. The Hall–Kier alpha value is -2.05. The molecule has 108 valence electrons. The molecule has 0 saturated carbocycles. The standard InChI is InChI=1S/C12H20N2O5/c1-5-13-12(17)14(3)9(2)8-19-11(16)7-6-10(15)18-4/h6-7,9H,5,8H2,1-4H3,(H,13,17)/b7-6+. The molecule has 1 N–H and O–H groups in total. The van der Waals surface area contributed by atoms with Crippen molar-refractivity contribution in [3.63, 3.8) is 0 Å². The third-order valence-corrected chi connectivity index (χ3v) is 2.33. The van der Waals surface area contributed by atoms with Gasteiger partial charge in [0.1, 0.15) is 6.61 Å². The molecule has 0 saturated heterocycles. The molecule has 0 spiro atoms. The number of carbonyl (C=O) groups is 3. The zero-order valence-corrected chi connectivity index (χ0v) is 11.6. The quantitative estimate of drug-likeness (QED) is 0.555. The first-order chi connectivity index (χ1) is 8.92. The van der Waals surface area contributed by atoms with E-state index >= 15 is 0 Å². The number of nitrogens with one attached hydrogen (secondary N) is 1. The number of methoxy groups -OCH3 is 1. The van der Waals surface area contributed by atoms with E-state index < -0.39 is 11.9 Å². The minimum absolute atomic E-state index is 0.0397. The van der Waals surface area contributed by atoms with E-state index in [2.05, 4.69) is 10.1 Å². The van der Waals surface area contributed by atoms with Crippen LogP contribution in [0.4, 0.5) is 4.79 Å². The third kappa shape index (κ3) is 7.07. The van der Waals surface area contributed by atoms with Crippen LogP contribution < -0.4 is 5.32 Å². The lowest BCUT2D eigenvalue weighted by molar-refractivity contribution is -0.140. The van der Waals surface area contributed by atoms with Crippen molar-refractivity contribution in [1.29, 1.82) is 0 Å². The summed E-state index contributed by atoms with van der Waals surface area (Å²) in [5.41, 5.74) is 0. The summed E-state index contributed by atoms with van der Waals surface area (Å²) in [6, 6.07) is -0.516. The molecular formula is C12H20N2O5. The van der Waals surface area contributed by atoms with Gasteiger partial charge in [-0.05, 0) is 13.8 Å². The molecule has 0 aliphatic carbocycles. The van der Waals surface area contributed by atoms with Gasteiger partial charge in [0.2, 0.25) is 0 Å². The van der Waals surface area contributed by atoms with Gasteiger partial charge in [-0.1, -0.05) is 0 Å². The van der Waals surface area contributed by atoms with E-state index in [-0.39, 0.29) is 18.7 Å². The molecule has 0 aromatic carbocycles. The molecule has 2 amide bonds. The zero-order chi connectivity index (χ0) is 14.8. The summed E-state index contributed by atoms with van der Waals surface area (Å²) in [6.45, 7) is 4.12. The third-order valence-electron chi connectivity index (χ3n) is 2.33. The van der Waals surface area contributed by atoms with Crippen LogP contribution in [0.1, 0.15) is 13.8 Å². The average molecular weight is 272 g/mol. The summed E-state index contributed by atoms with van der Waals surface area (Å²) < 4.78 is 9.22. The Morgan fingerprint density at radius 3 is 2.37 bits per heavy atom. The first kappa shape index (κ1) is 16.9. The van der Waals surface area contributed by atoms with Crippen molar-refractivity contribution in [2.75, 3.05) is 27.3 Å². The Balaban J connectivity index is 4.11. The number of esters is 2. The van der Waals surface area contributed by atoms with Gasteiger partial charge in [-0.25, -0.2) is 14.4 Å². The molecule has 1 atom stereocenters. The number of hydrogen-bond donors (Lipinski definition) is 1. The molecule has 0 aliphatic heterocycles. The first-order valence-electron chi connectivity index (χ1n) is 5.85. The Labute approximate surface area is 112 Å². The second-order valence-corrected chi connectivity index (χ2v) is 3.78. The number of carbonyl (C=O) groups excluding carboxylic acids is 3. The lowest BCUT2D eigenvalue weighted by Crippen LogP contribution is -2.44. The Morgan fingerprint density at radius 1 is 1.26 bits per heavy atom. The molecule has 0 heterocycles. The average Bonchev–Trinajstić information content (AvgIpc) is 2.41. The van der Waals surface area contributed by atoms with Crippen molar-refractivity contribution in [2.45, 2.75) is 19.9 Å². The highest BCUT2D eigenvalue weighted by atomic mass is 16.5. The fourth-order valence-corrected chi connectivity index (χ4v) is 1.04. The van der Waals surface area contributed by atoms with Gasteiger partial charge in [-0.3, -0.25) is 0 Å². The second kappa shape index (κ2) is 8.96. The normalized spacial score (nSPS) is 11.8. The topological polar surface area (TPSA) is 84.9 Å².